The van der Waals surface area contributed by atoms with E-state index in [0.717, 1.165) is 29.0 Å². The van der Waals surface area contributed by atoms with E-state index in [-0.39, 0.29) is 23.3 Å². The Morgan fingerprint density at radius 2 is 1.96 bits per heavy atom. The minimum Gasteiger partial charge on any atom is -0.326 e. The molecule has 7 nitrogen and oxygen atoms in total. The molecule has 0 aliphatic carbocycles. The molecule has 0 radical (unpaired) electrons. The second-order valence-electron chi connectivity index (χ2n) is 6.21. The number of nitro groups is 1. The van der Waals surface area contributed by atoms with Crippen LogP contribution in [0.3, 0.4) is 0 Å². The average Bonchev–Trinajstić information content (AvgIpc) is 2.65. The lowest BCUT2D eigenvalue weighted by Gasteiger charge is -2.29. The van der Waals surface area contributed by atoms with Crippen LogP contribution in [0.1, 0.15) is 18.9 Å². The number of nitrogens with zero attached hydrogens (tertiary/aromatic N) is 2. The molecule has 0 saturated carbocycles. The highest BCUT2D eigenvalue weighted by atomic mass is 32.2. The van der Waals surface area contributed by atoms with Gasteiger partial charge in [-0.3, -0.25) is 19.7 Å². The number of thioether (sulfide) groups is 1. The Morgan fingerprint density at radius 3 is 2.63 bits per heavy atom. The van der Waals surface area contributed by atoms with Crippen LogP contribution in [0.5, 0.6) is 0 Å². The number of rotatable bonds is 5. The standard InChI is InChI=1S/C19H19N3O4S/c1-13(23)20-15-4-7-17(8-5-15)27-12-19(24)21-10-2-3-14-11-16(22(25)26)6-9-18(14)21/h4-9,11H,2-3,10,12H2,1H3,(H,20,23). The maximum Gasteiger partial charge on any atom is 0.269 e. The summed E-state index contributed by atoms with van der Waals surface area (Å²) in [6, 6.07) is 12.0. The molecule has 2 aromatic rings. The van der Waals surface area contributed by atoms with Crippen molar-refractivity contribution in [2.24, 2.45) is 0 Å². The van der Waals surface area contributed by atoms with Crippen LogP contribution in [0.4, 0.5) is 17.1 Å². The summed E-state index contributed by atoms with van der Waals surface area (Å²) < 4.78 is 0. The van der Waals surface area contributed by atoms with Gasteiger partial charge in [-0.15, -0.1) is 11.8 Å². The minimum atomic E-state index is -0.415. The summed E-state index contributed by atoms with van der Waals surface area (Å²) in [5.41, 5.74) is 2.37. The van der Waals surface area contributed by atoms with Crippen LogP contribution in [0, 0.1) is 10.1 Å². The van der Waals surface area contributed by atoms with Gasteiger partial charge in [-0.2, -0.15) is 0 Å². The first-order chi connectivity index (χ1) is 12.9. The molecule has 0 aromatic heterocycles. The van der Waals surface area contributed by atoms with Crippen LogP contribution in [-0.2, 0) is 16.0 Å². The number of fused-ring (bicyclic) bond motifs is 1. The second kappa shape index (κ2) is 8.22. The SMILES string of the molecule is CC(=O)Nc1ccc(SCC(=O)N2CCCc3cc([N+](=O)[O-])ccc32)cc1. The Bertz CT molecular complexity index is 883. The van der Waals surface area contributed by atoms with Crippen LogP contribution in [0.25, 0.3) is 0 Å². The van der Waals surface area contributed by atoms with Gasteiger partial charge in [0, 0.05) is 41.9 Å². The molecule has 0 bridgehead atoms. The lowest BCUT2D eigenvalue weighted by Crippen LogP contribution is -2.36. The van der Waals surface area contributed by atoms with Crippen molar-refractivity contribution in [3.63, 3.8) is 0 Å². The predicted molar refractivity (Wildman–Crippen MR) is 105 cm³/mol. The molecule has 2 aromatic carbocycles. The highest BCUT2D eigenvalue weighted by molar-refractivity contribution is 8.00. The molecule has 1 N–H and O–H groups in total. The van der Waals surface area contributed by atoms with Gasteiger partial charge in [0.15, 0.2) is 0 Å². The number of non-ortho nitro benzene ring substituents is 1. The van der Waals surface area contributed by atoms with E-state index >= 15 is 0 Å². The van der Waals surface area contributed by atoms with Gasteiger partial charge in [0.05, 0.1) is 10.7 Å². The molecule has 3 rings (SSSR count). The Morgan fingerprint density at radius 1 is 1.22 bits per heavy atom. The largest absolute Gasteiger partial charge is 0.326 e. The van der Waals surface area contributed by atoms with Crippen LogP contribution >= 0.6 is 11.8 Å². The highest BCUT2D eigenvalue weighted by Crippen LogP contribution is 2.31. The number of amides is 2. The van der Waals surface area contributed by atoms with Gasteiger partial charge < -0.3 is 10.2 Å². The minimum absolute atomic E-state index is 0.0271. The first-order valence-electron chi connectivity index (χ1n) is 8.52. The molecule has 8 heteroatoms. The fourth-order valence-electron chi connectivity index (χ4n) is 3.02. The molecule has 0 spiro atoms. The quantitative estimate of drug-likeness (QED) is 0.482. The van der Waals surface area contributed by atoms with E-state index in [2.05, 4.69) is 5.32 Å². The van der Waals surface area contributed by atoms with E-state index in [9.17, 15) is 19.7 Å². The van der Waals surface area contributed by atoms with Gasteiger partial charge in [-0.1, -0.05) is 0 Å². The second-order valence-corrected chi connectivity index (χ2v) is 7.26. The summed E-state index contributed by atoms with van der Waals surface area (Å²) in [5.74, 6) is 0.117. The molecule has 0 fully saturated rings. The Labute approximate surface area is 160 Å². The zero-order valence-corrected chi connectivity index (χ0v) is 15.6. The van der Waals surface area contributed by atoms with Crippen molar-refractivity contribution >= 4 is 40.6 Å². The molecule has 2 amide bonds. The lowest BCUT2D eigenvalue weighted by atomic mass is 10.0. The predicted octanol–water partition coefficient (Wildman–Crippen LogP) is 3.62. The van der Waals surface area contributed by atoms with Crippen molar-refractivity contribution in [1.29, 1.82) is 0 Å². The van der Waals surface area contributed by atoms with E-state index in [0.29, 0.717) is 12.2 Å². The number of carbonyl (C=O) groups excluding carboxylic acids is 2. The number of hydrogen-bond acceptors (Lipinski definition) is 5. The first kappa shape index (κ1) is 18.9. The maximum atomic E-state index is 12.7. The summed E-state index contributed by atoms with van der Waals surface area (Å²) in [7, 11) is 0. The molecular weight excluding hydrogens is 366 g/mol. The lowest BCUT2D eigenvalue weighted by molar-refractivity contribution is -0.384. The summed E-state index contributed by atoms with van der Waals surface area (Å²) >= 11 is 1.42. The normalized spacial score (nSPS) is 13.0. The summed E-state index contributed by atoms with van der Waals surface area (Å²) in [5, 5.41) is 13.6. The number of aryl methyl sites for hydroxylation is 1. The van der Waals surface area contributed by atoms with E-state index in [4.69, 9.17) is 0 Å². The maximum absolute atomic E-state index is 12.7. The van der Waals surface area contributed by atoms with Gasteiger partial charge >= 0.3 is 0 Å². The summed E-state index contributed by atoms with van der Waals surface area (Å²) in [4.78, 5) is 36.9. The highest BCUT2D eigenvalue weighted by Gasteiger charge is 2.24. The third-order valence-corrected chi connectivity index (χ3v) is 5.23. The van der Waals surface area contributed by atoms with Crippen LogP contribution in [-0.4, -0.2) is 29.0 Å². The monoisotopic (exact) mass is 385 g/mol. The molecule has 1 aliphatic rings. The van der Waals surface area contributed by atoms with Crippen molar-refractivity contribution in [2.45, 2.75) is 24.7 Å². The van der Waals surface area contributed by atoms with Gasteiger partial charge in [-0.25, -0.2) is 0 Å². The zero-order valence-electron chi connectivity index (χ0n) is 14.8. The Balaban J connectivity index is 1.65. The smallest absolute Gasteiger partial charge is 0.269 e. The average molecular weight is 385 g/mol. The Kier molecular flexibility index (Phi) is 5.75. The number of carbonyl (C=O) groups is 2. The fraction of sp³-hybridized carbons (Fsp3) is 0.263. The van der Waals surface area contributed by atoms with Crippen molar-refractivity contribution in [2.75, 3.05) is 22.5 Å². The molecule has 0 atom stereocenters. The van der Waals surface area contributed by atoms with Crippen molar-refractivity contribution in [3.8, 4) is 0 Å². The van der Waals surface area contributed by atoms with E-state index in [1.165, 1.54) is 24.8 Å². The molecule has 1 aliphatic heterocycles. The number of anilines is 2. The van der Waals surface area contributed by atoms with Gasteiger partial charge in [0.2, 0.25) is 11.8 Å². The third kappa shape index (κ3) is 4.65. The van der Waals surface area contributed by atoms with Crippen molar-refractivity contribution in [1.82, 2.24) is 0 Å². The summed E-state index contributed by atoms with van der Waals surface area (Å²) in [6.45, 7) is 2.07. The van der Waals surface area contributed by atoms with Crippen LogP contribution in [0.15, 0.2) is 47.4 Å². The zero-order chi connectivity index (χ0) is 19.4. The molecular formula is C19H19N3O4S. The van der Waals surface area contributed by atoms with Crippen molar-refractivity contribution < 1.29 is 14.5 Å². The number of nitro benzene ring substituents is 1. The number of hydrogen-bond donors (Lipinski definition) is 1. The first-order valence-corrected chi connectivity index (χ1v) is 9.51. The molecule has 140 valence electrons. The number of benzene rings is 2. The summed E-state index contributed by atoms with van der Waals surface area (Å²) in [6.07, 6.45) is 1.52. The third-order valence-electron chi connectivity index (χ3n) is 4.23. The van der Waals surface area contributed by atoms with Gasteiger partial charge in [-0.05, 0) is 48.7 Å². The number of nitrogens with one attached hydrogen (secondary N) is 1. The fourth-order valence-corrected chi connectivity index (χ4v) is 3.79. The molecule has 0 unspecified atom stereocenters. The molecule has 1 heterocycles. The van der Waals surface area contributed by atoms with Crippen LogP contribution in [0.2, 0.25) is 0 Å². The van der Waals surface area contributed by atoms with Crippen LogP contribution < -0.4 is 10.2 Å². The molecule has 27 heavy (non-hydrogen) atoms. The molecule has 0 saturated heterocycles. The Hall–Kier alpha value is -2.87. The van der Waals surface area contributed by atoms with E-state index < -0.39 is 4.92 Å². The van der Waals surface area contributed by atoms with Gasteiger partial charge in [0.25, 0.3) is 5.69 Å². The van der Waals surface area contributed by atoms with E-state index in [1.807, 2.05) is 12.1 Å². The van der Waals surface area contributed by atoms with Gasteiger partial charge in [0.1, 0.15) is 0 Å². The van der Waals surface area contributed by atoms with Crippen molar-refractivity contribution in [3.05, 3.63) is 58.1 Å². The topological polar surface area (TPSA) is 92.6 Å². The van der Waals surface area contributed by atoms with E-state index in [1.54, 1.807) is 29.2 Å².